The van der Waals surface area contributed by atoms with Crippen LogP contribution in [-0.4, -0.2) is 35.0 Å². The van der Waals surface area contributed by atoms with E-state index in [0.29, 0.717) is 17.4 Å². The zero-order valence-electron chi connectivity index (χ0n) is 13.4. The first-order chi connectivity index (χ1) is 9.76. The van der Waals surface area contributed by atoms with E-state index in [-0.39, 0.29) is 18.5 Å². The summed E-state index contributed by atoms with van der Waals surface area (Å²) in [7, 11) is 0. The smallest absolute Gasteiger partial charge is 0.239 e. The molecular formula is C15H24N4OS. The van der Waals surface area contributed by atoms with Crippen LogP contribution in [0.15, 0.2) is 6.07 Å². The van der Waals surface area contributed by atoms with Crippen LogP contribution in [0, 0.1) is 13.8 Å². The molecule has 1 rings (SSSR count). The Kier molecular flexibility index (Phi) is 6.08. The molecule has 1 amide bonds. The number of carbonyl (C=O) groups excluding carboxylic acids is 1. The second-order valence-corrected chi connectivity index (χ2v) is 5.82. The maximum atomic E-state index is 12.0. The van der Waals surface area contributed by atoms with Crippen LogP contribution in [0.5, 0.6) is 0 Å². The van der Waals surface area contributed by atoms with Crippen molar-refractivity contribution in [1.29, 1.82) is 0 Å². The van der Waals surface area contributed by atoms with Gasteiger partial charge in [-0.3, -0.25) is 4.79 Å². The molecular weight excluding hydrogens is 284 g/mol. The normalized spacial score (nSPS) is 10.6. The Morgan fingerprint density at radius 2 is 2.10 bits per heavy atom. The molecule has 1 aromatic heterocycles. The Balaban J connectivity index is 3.16. The van der Waals surface area contributed by atoms with Crippen LogP contribution in [0.25, 0.3) is 0 Å². The zero-order chi connectivity index (χ0) is 16.2. The number of nitrogens with two attached hydrogens (primary N) is 1. The van der Waals surface area contributed by atoms with Crippen LogP contribution >= 0.6 is 12.2 Å². The quantitative estimate of drug-likeness (QED) is 0.783. The van der Waals surface area contributed by atoms with Crippen molar-refractivity contribution < 1.29 is 4.79 Å². The van der Waals surface area contributed by atoms with Crippen molar-refractivity contribution in [1.82, 2.24) is 10.3 Å². The lowest BCUT2D eigenvalue weighted by Gasteiger charge is -2.25. The lowest BCUT2D eigenvalue weighted by Crippen LogP contribution is -2.41. The predicted octanol–water partition coefficient (Wildman–Crippen LogP) is 1.68. The van der Waals surface area contributed by atoms with Crippen LogP contribution in [0.3, 0.4) is 0 Å². The minimum atomic E-state index is -0.0401. The summed E-state index contributed by atoms with van der Waals surface area (Å²) in [5.41, 5.74) is 8.44. The number of likely N-dealkylation sites (N-methyl/N-ethyl adjacent to an activating group) is 1. The summed E-state index contributed by atoms with van der Waals surface area (Å²) in [6, 6.07) is 2.05. The van der Waals surface area contributed by atoms with Crippen LogP contribution < -0.4 is 16.0 Å². The molecule has 0 atom stereocenters. The van der Waals surface area contributed by atoms with Gasteiger partial charge >= 0.3 is 0 Å². The molecule has 0 aromatic carbocycles. The molecule has 0 unspecified atom stereocenters. The van der Waals surface area contributed by atoms with Gasteiger partial charge in [0.25, 0.3) is 0 Å². The van der Waals surface area contributed by atoms with Crippen LogP contribution in [0.2, 0.25) is 0 Å². The third-order valence-electron chi connectivity index (χ3n) is 3.04. The Morgan fingerprint density at radius 3 is 2.57 bits per heavy atom. The molecule has 0 aliphatic carbocycles. The van der Waals surface area contributed by atoms with E-state index in [1.807, 2.05) is 45.6 Å². The van der Waals surface area contributed by atoms with Gasteiger partial charge in [0.1, 0.15) is 10.8 Å². The van der Waals surface area contributed by atoms with Crippen LogP contribution in [-0.2, 0) is 4.79 Å². The van der Waals surface area contributed by atoms with Crippen molar-refractivity contribution >= 4 is 28.9 Å². The Bertz CT molecular complexity index is 543. The molecule has 1 heterocycles. The SMILES string of the molecule is CCN(CC(=O)NC(C)C)c1nc(C)cc(C)c1C(N)=S. The summed E-state index contributed by atoms with van der Waals surface area (Å²) in [4.78, 5) is 18.7. The number of rotatable bonds is 6. The summed E-state index contributed by atoms with van der Waals surface area (Å²) in [5.74, 6) is 0.642. The van der Waals surface area contributed by atoms with Gasteiger partial charge in [0, 0.05) is 18.3 Å². The molecule has 0 aliphatic rings. The molecule has 6 heteroatoms. The average molecular weight is 308 g/mol. The van der Waals surface area contributed by atoms with Crippen molar-refractivity contribution in [2.24, 2.45) is 5.73 Å². The summed E-state index contributed by atoms with van der Waals surface area (Å²) in [6.07, 6.45) is 0. The molecule has 0 fully saturated rings. The van der Waals surface area contributed by atoms with Gasteiger partial charge in [-0.25, -0.2) is 4.98 Å². The summed E-state index contributed by atoms with van der Waals surface area (Å²) in [5, 5.41) is 2.88. The van der Waals surface area contributed by atoms with Crippen molar-refractivity contribution in [3.63, 3.8) is 0 Å². The van der Waals surface area contributed by atoms with Crippen LogP contribution in [0.4, 0.5) is 5.82 Å². The molecule has 3 N–H and O–H groups in total. The van der Waals surface area contributed by atoms with E-state index in [1.165, 1.54) is 0 Å². The maximum Gasteiger partial charge on any atom is 0.239 e. The third-order valence-corrected chi connectivity index (χ3v) is 3.24. The second-order valence-electron chi connectivity index (χ2n) is 5.38. The van der Waals surface area contributed by atoms with E-state index < -0.39 is 0 Å². The highest BCUT2D eigenvalue weighted by atomic mass is 32.1. The number of nitrogens with one attached hydrogen (secondary N) is 1. The van der Waals surface area contributed by atoms with Gasteiger partial charge in [0.05, 0.1) is 12.1 Å². The molecule has 21 heavy (non-hydrogen) atoms. The summed E-state index contributed by atoms with van der Waals surface area (Å²) in [6.45, 7) is 10.6. The number of aryl methyl sites for hydroxylation is 2. The highest BCUT2D eigenvalue weighted by Gasteiger charge is 2.19. The minimum Gasteiger partial charge on any atom is -0.389 e. The summed E-state index contributed by atoms with van der Waals surface area (Å²) < 4.78 is 0. The fourth-order valence-electron chi connectivity index (χ4n) is 2.23. The molecule has 0 spiro atoms. The summed E-state index contributed by atoms with van der Waals surface area (Å²) >= 11 is 5.14. The van der Waals surface area contributed by atoms with Gasteiger partial charge in [-0.05, 0) is 46.2 Å². The Labute approximate surface area is 131 Å². The number of hydrogen-bond acceptors (Lipinski definition) is 4. The molecule has 0 aliphatic heterocycles. The fraction of sp³-hybridized carbons (Fsp3) is 0.533. The average Bonchev–Trinajstić information content (AvgIpc) is 2.33. The van der Waals surface area contributed by atoms with E-state index in [1.54, 1.807) is 0 Å². The number of anilines is 1. The van der Waals surface area contributed by atoms with Crippen LogP contribution in [0.1, 0.15) is 37.6 Å². The predicted molar refractivity (Wildman–Crippen MR) is 90.8 cm³/mol. The first-order valence-corrected chi connectivity index (χ1v) is 7.49. The van der Waals surface area contributed by atoms with Gasteiger partial charge < -0.3 is 16.0 Å². The first kappa shape index (κ1) is 17.4. The highest BCUT2D eigenvalue weighted by Crippen LogP contribution is 2.22. The molecule has 0 bridgehead atoms. The van der Waals surface area contributed by atoms with Crippen molar-refractivity contribution in [3.8, 4) is 0 Å². The molecule has 5 nitrogen and oxygen atoms in total. The largest absolute Gasteiger partial charge is 0.389 e. The minimum absolute atomic E-state index is 0.0401. The topological polar surface area (TPSA) is 71.2 Å². The fourth-order valence-corrected chi connectivity index (χ4v) is 2.48. The van der Waals surface area contributed by atoms with Gasteiger partial charge in [0.2, 0.25) is 5.91 Å². The molecule has 0 saturated heterocycles. The Hall–Kier alpha value is -1.69. The van der Waals surface area contributed by atoms with E-state index >= 15 is 0 Å². The van der Waals surface area contributed by atoms with Gasteiger partial charge in [-0.2, -0.15) is 0 Å². The molecule has 0 saturated carbocycles. The number of amides is 1. The van der Waals surface area contributed by atoms with E-state index in [9.17, 15) is 4.79 Å². The molecule has 116 valence electrons. The molecule has 1 aromatic rings. The first-order valence-electron chi connectivity index (χ1n) is 7.08. The number of pyridine rings is 1. The van der Waals surface area contributed by atoms with Crippen molar-refractivity contribution in [2.45, 2.75) is 40.7 Å². The monoisotopic (exact) mass is 308 g/mol. The van der Waals surface area contributed by atoms with Gasteiger partial charge in [0.15, 0.2) is 0 Å². The highest BCUT2D eigenvalue weighted by molar-refractivity contribution is 7.80. The Morgan fingerprint density at radius 1 is 1.48 bits per heavy atom. The van der Waals surface area contributed by atoms with E-state index in [0.717, 1.165) is 16.8 Å². The third kappa shape index (κ3) is 4.67. The number of hydrogen-bond donors (Lipinski definition) is 2. The standard InChI is InChI=1S/C15H24N4OS/c1-6-19(8-12(20)17-9(2)3)15-13(14(16)21)10(4)7-11(5)18-15/h7,9H,6,8H2,1-5H3,(H2,16,21)(H,17,20). The van der Waals surface area contributed by atoms with Gasteiger partial charge in [-0.1, -0.05) is 12.2 Å². The van der Waals surface area contributed by atoms with E-state index in [2.05, 4.69) is 10.3 Å². The lowest BCUT2D eigenvalue weighted by molar-refractivity contribution is -0.120. The number of thiocarbonyl (C=S) groups is 1. The zero-order valence-corrected chi connectivity index (χ0v) is 14.2. The molecule has 0 radical (unpaired) electrons. The maximum absolute atomic E-state index is 12.0. The van der Waals surface area contributed by atoms with Gasteiger partial charge in [-0.15, -0.1) is 0 Å². The number of carbonyl (C=O) groups is 1. The van der Waals surface area contributed by atoms with E-state index in [4.69, 9.17) is 18.0 Å². The van der Waals surface area contributed by atoms with Crippen molar-refractivity contribution in [3.05, 3.63) is 22.9 Å². The van der Waals surface area contributed by atoms with Crippen molar-refractivity contribution in [2.75, 3.05) is 18.0 Å². The number of nitrogens with zero attached hydrogens (tertiary/aromatic N) is 2. The number of aromatic nitrogens is 1. The lowest BCUT2D eigenvalue weighted by atomic mass is 10.1. The second kappa shape index (κ2) is 7.36.